The molecule has 4 N–H and O–H groups in total. The highest BCUT2D eigenvalue weighted by Gasteiger charge is 2.65. The average molecular weight is 588 g/mol. The van der Waals surface area contributed by atoms with E-state index in [4.69, 9.17) is 9.90 Å². The number of carbonyl (C=O) groups is 1. The number of rotatable bonds is 1. The van der Waals surface area contributed by atoms with Crippen molar-refractivity contribution in [1.82, 2.24) is 4.98 Å². The highest BCUT2D eigenvalue weighted by molar-refractivity contribution is 5.85. The normalized spacial score (nSPS) is 36.3. The zero-order valence-corrected chi connectivity index (χ0v) is 26.4. The molecule has 1 aromatic heterocycles. The van der Waals surface area contributed by atoms with Crippen molar-refractivity contribution in [2.24, 2.45) is 28.1 Å². The van der Waals surface area contributed by atoms with Crippen molar-refractivity contribution in [3.63, 3.8) is 0 Å². The Labute approximate surface area is 254 Å². The van der Waals surface area contributed by atoms with E-state index in [9.17, 15) is 14.6 Å². The fourth-order valence-corrected chi connectivity index (χ4v) is 10.4. The third-order valence-electron chi connectivity index (χ3n) is 13.1. The van der Waals surface area contributed by atoms with Crippen LogP contribution in [0.15, 0.2) is 42.1 Å². The van der Waals surface area contributed by atoms with E-state index in [0.717, 1.165) is 45.5 Å². The summed E-state index contributed by atoms with van der Waals surface area (Å²) in [7, 11) is 0. The average Bonchev–Trinajstić information content (AvgIpc) is 3.37. The number of allylic oxidation sites excluding steroid dienone is 2. The van der Waals surface area contributed by atoms with Crippen LogP contribution in [0.25, 0.3) is 10.9 Å². The molecule has 5 nitrogen and oxygen atoms in total. The SMILES string of the molecule is Cc1c(O)c(O)cc2c1[C@H](c1c[nH]c3cc(F)ccc13)C=C1[C@@]2(C)CC[C@@]2(C)[C@@H]3C[C@@H](C)CC[C@]3(C)CC[C@]12C.O=CO. The maximum Gasteiger partial charge on any atom is 0.290 e. The van der Waals surface area contributed by atoms with Gasteiger partial charge >= 0.3 is 0 Å². The largest absolute Gasteiger partial charge is 0.504 e. The number of nitrogens with one attached hydrogen (secondary N) is 1. The lowest BCUT2D eigenvalue weighted by atomic mass is 9.35. The van der Waals surface area contributed by atoms with E-state index in [1.54, 1.807) is 6.07 Å². The van der Waals surface area contributed by atoms with Crippen molar-refractivity contribution in [3.05, 3.63) is 70.2 Å². The molecule has 3 saturated carbocycles. The standard InChI is InChI=1S/C36H44FNO2.CH2O2/c1-20-9-10-33(3)11-13-36(6)30-17-24(25-19-38-27-16-22(37)7-8-23(25)27)31-21(2)32(40)28(39)18-26(31)34(30,4)12-14-35(36,5)29(33)15-20;2-1-3/h7-8,16-20,24,29,38-40H,9-15H2,1-6H3;1H,(H,2,3)/t20-,24-,29+,33+,34-,35-,36+;/m0./s1. The molecule has 0 spiro atoms. The van der Waals surface area contributed by atoms with E-state index in [-0.39, 0.29) is 46.0 Å². The van der Waals surface area contributed by atoms with Gasteiger partial charge in [0.1, 0.15) is 5.82 Å². The van der Waals surface area contributed by atoms with Gasteiger partial charge in [0.15, 0.2) is 11.5 Å². The van der Waals surface area contributed by atoms with Crippen LogP contribution in [0.4, 0.5) is 4.39 Å². The number of phenols is 2. The summed E-state index contributed by atoms with van der Waals surface area (Å²) in [4.78, 5) is 11.7. The summed E-state index contributed by atoms with van der Waals surface area (Å²) in [5.74, 6) is 1.05. The number of hydrogen-bond acceptors (Lipinski definition) is 3. The highest BCUT2D eigenvalue weighted by atomic mass is 19.1. The summed E-state index contributed by atoms with van der Waals surface area (Å²) in [6.07, 6.45) is 13.2. The van der Waals surface area contributed by atoms with Crippen LogP contribution in [0.3, 0.4) is 0 Å². The van der Waals surface area contributed by atoms with Crippen molar-refractivity contribution < 1.29 is 24.5 Å². The molecule has 0 saturated heterocycles. The number of aromatic hydroxyl groups is 2. The van der Waals surface area contributed by atoms with Crippen LogP contribution in [0.5, 0.6) is 11.5 Å². The number of aromatic amines is 1. The van der Waals surface area contributed by atoms with Crippen LogP contribution in [0.2, 0.25) is 0 Å². The van der Waals surface area contributed by atoms with Gasteiger partial charge in [-0.05, 0) is 120 Å². The molecule has 7 rings (SSSR count). The number of fused-ring (bicyclic) bond motifs is 8. The minimum atomic E-state index is -0.253. The predicted octanol–water partition coefficient (Wildman–Crippen LogP) is 9.10. The predicted molar refractivity (Wildman–Crippen MR) is 168 cm³/mol. The Morgan fingerprint density at radius 1 is 1.02 bits per heavy atom. The van der Waals surface area contributed by atoms with Crippen LogP contribution in [0.1, 0.15) is 108 Å². The van der Waals surface area contributed by atoms with E-state index < -0.39 is 0 Å². The maximum atomic E-state index is 14.1. The Bertz CT molecular complexity index is 1640. The second kappa shape index (κ2) is 9.87. The molecule has 4 aliphatic carbocycles. The highest BCUT2D eigenvalue weighted by Crippen LogP contribution is 2.74. The van der Waals surface area contributed by atoms with Crippen LogP contribution >= 0.6 is 0 Å². The number of halogens is 1. The molecular formula is C37H46FNO4. The summed E-state index contributed by atoms with van der Waals surface area (Å²) in [5, 5.41) is 29.8. The summed E-state index contributed by atoms with van der Waals surface area (Å²) < 4.78 is 14.1. The first-order valence-electron chi connectivity index (χ1n) is 15.9. The molecule has 7 atom stereocenters. The van der Waals surface area contributed by atoms with E-state index in [1.165, 1.54) is 50.2 Å². The van der Waals surface area contributed by atoms with Gasteiger partial charge in [0.2, 0.25) is 0 Å². The molecular weight excluding hydrogens is 541 g/mol. The molecule has 230 valence electrons. The first kappa shape index (κ1) is 29.8. The minimum Gasteiger partial charge on any atom is -0.504 e. The lowest BCUT2D eigenvalue weighted by Crippen LogP contribution is -2.61. The Morgan fingerprint density at radius 2 is 1.74 bits per heavy atom. The lowest BCUT2D eigenvalue weighted by Gasteiger charge is -2.69. The van der Waals surface area contributed by atoms with Crippen molar-refractivity contribution in [1.29, 1.82) is 0 Å². The van der Waals surface area contributed by atoms with Crippen LogP contribution < -0.4 is 0 Å². The van der Waals surface area contributed by atoms with Gasteiger partial charge in [0.05, 0.1) is 0 Å². The molecule has 6 heteroatoms. The zero-order valence-electron chi connectivity index (χ0n) is 26.4. The molecule has 4 aliphatic rings. The Morgan fingerprint density at radius 3 is 2.47 bits per heavy atom. The fraction of sp³-hybridized carbons (Fsp3) is 0.541. The van der Waals surface area contributed by atoms with E-state index in [2.05, 4.69) is 45.7 Å². The molecule has 0 bridgehead atoms. The number of hydrogen-bond donors (Lipinski definition) is 4. The maximum absolute atomic E-state index is 14.1. The van der Waals surface area contributed by atoms with Gasteiger partial charge in [-0.25, -0.2) is 4.39 Å². The van der Waals surface area contributed by atoms with Gasteiger partial charge < -0.3 is 20.3 Å². The van der Waals surface area contributed by atoms with Gasteiger partial charge in [-0.3, -0.25) is 4.79 Å². The van der Waals surface area contributed by atoms with Gasteiger partial charge in [-0.15, -0.1) is 0 Å². The second-order valence-corrected chi connectivity index (χ2v) is 15.1. The molecule has 3 aromatic rings. The molecule has 3 fully saturated rings. The van der Waals surface area contributed by atoms with E-state index in [1.807, 2.05) is 25.3 Å². The van der Waals surface area contributed by atoms with E-state index in [0.29, 0.717) is 11.3 Å². The number of carboxylic acid groups (broad SMARTS) is 1. The fourth-order valence-electron chi connectivity index (χ4n) is 10.4. The van der Waals surface area contributed by atoms with Crippen molar-refractivity contribution >= 4 is 17.4 Å². The third kappa shape index (κ3) is 4.04. The molecule has 0 aliphatic heterocycles. The number of phenolic OH excluding ortho intramolecular Hbond substituents is 2. The second-order valence-electron chi connectivity index (χ2n) is 15.1. The summed E-state index contributed by atoms with van der Waals surface area (Å²) >= 11 is 0. The van der Waals surface area contributed by atoms with Crippen molar-refractivity contribution in [3.8, 4) is 11.5 Å². The quantitative estimate of drug-likeness (QED) is 0.130. The first-order chi connectivity index (χ1) is 20.2. The molecule has 2 aromatic carbocycles. The molecule has 0 amide bonds. The minimum absolute atomic E-state index is 0.0246. The summed E-state index contributed by atoms with van der Waals surface area (Å²) in [6, 6.07) is 6.83. The molecule has 43 heavy (non-hydrogen) atoms. The number of H-pyrrole nitrogens is 1. The Kier molecular flexibility index (Phi) is 6.83. The van der Waals surface area contributed by atoms with Crippen LogP contribution in [-0.4, -0.2) is 26.8 Å². The van der Waals surface area contributed by atoms with Gasteiger partial charge in [-0.1, -0.05) is 52.7 Å². The van der Waals surface area contributed by atoms with Crippen LogP contribution in [0, 0.1) is 40.8 Å². The summed E-state index contributed by atoms with van der Waals surface area (Å²) in [6.45, 7) is 14.2. The lowest BCUT2D eigenvalue weighted by molar-refractivity contribution is -0.145. The Hall–Kier alpha value is -3.28. The topological polar surface area (TPSA) is 93.5 Å². The van der Waals surface area contributed by atoms with Crippen LogP contribution in [-0.2, 0) is 10.2 Å². The molecule has 0 unspecified atom stereocenters. The molecule has 0 radical (unpaired) electrons. The van der Waals surface area contributed by atoms with E-state index >= 15 is 0 Å². The first-order valence-corrected chi connectivity index (χ1v) is 15.9. The van der Waals surface area contributed by atoms with Gasteiger partial charge in [0, 0.05) is 28.4 Å². The number of benzene rings is 2. The zero-order chi connectivity index (χ0) is 31.1. The third-order valence-corrected chi connectivity index (χ3v) is 13.1. The monoisotopic (exact) mass is 587 g/mol. The smallest absolute Gasteiger partial charge is 0.290 e. The Balaban J connectivity index is 0.00000105. The molecule has 1 heterocycles. The number of aromatic nitrogens is 1. The van der Waals surface area contributed by atoms with Crippen molar-refractivity contribution in [2.45, 2.75) is 97.8 Å². The van der Waals surface area contributed by atoms with Gasteiger partial charge in [0.25, 0.3) is 6.47 Å². The van der Waals surface area contributed by atoms with Gasteiger partial charge in [-0.2, -0.15) is 0 Å². The van der Waals surface area contributed by atoms with Crippen molar-refractivity contribution in [2.75, 3.05) is 0 Å². The summed E-state index contributed by atoms with van der Waals surface area (Å²) in [5.41, 5.74) is 6.77.